The molecule has 0 radical (unpaired) electrons. The molecular weight excluding hydrogens is 240 g/mol. The van der Waals surface area contributed by atoms with Gasteiger partial charge in [0.1, 0.15) is 0 Å². The molecule has 2 N–H and O–H groups in total. The van der Waals surface area contributed by atoms with Crippen molar-refractivity contribution in [3.05, 3.63) is 47.9 Å². The zero-order valence-electron chi connectivity index (χ0n) is 9.35. The number of dihydropyridines is 1. The number of pyridine rings is 1. The van der Waals surface area contributed by atoms with E-state index in [9.17, 15) is 0 Å². The Morgan fingerprint density at radius 1 is 1.47 bits per heavy atom. The van der Waals surface area contributed by atoms with Gasteiger partial charge in [-0.25, -0.2) is 0 Å². The van der Waals surface area contributed by atoms with Gasteiger partial charge in [0.15, 0.2) is 0 Å². The van der Waals surface area contributed by atoms with E-state index >= 15 is 0 Å². The average molecular weight is 253 g/mol. The highest BCUT2D eigenvalue weighted by Crippen LogP contribution is 2.34. The number of alkyl halides is 1. The summed E-state index contributed by atoms with van der Waals surface area (Å²) >= 11 is 6.33. The molecule has 0 aromatic carbocycles. The van der Waals surface area contributed by atoms with Crippen molar-refractivity contribution < 1.29 is 9.84 Å². The van der Waals surface area contributed by atoms with Gasteiger partial charge in [0.25, 0.3) is 0 Å². The number of hydrogen-bond acceptors (Lipinski definition) is 4. The first kappa shape index (κ1) is 12.1. The zero-order valence-corrected chi connectivity index (χ0v) is 10.1. The van der Waals surface area contributed by atoms with E-state index in [-0.39, 0.29) is 6.61 Å². The number of methoxy groups -OCH3 is 1. The second kappa shape index (κ2) is 4.87. The lowest BCUT2D eigenvalue weighted by Gasteiger charge is -2.32. The minimum atomic E-state index is -1.11. The summed E-state index contributed by atoms with van der Waals surface area (Å²) in [6, 6.07) is 3.67. The van der Waals surface area contributed by atoms with Crippen LogP contribution < -0.4 is 5.32 Å². The Morgan fingerprint density at radius 2 is 2.18 bits per heavy atom. The lowest BCUT2D eigenvalue weighted by atomic mass is 10.0. The van der Waals surface area contributed by atoms with Crippen LogP contribution in [0.3, 0.4) is 0 Å². The summed E-state index contributed by atoms with van der Waals surface area (Å²) in [6.07, 6.45) is 6.81. The van der Waals surface area contributed by atoms with E-state index in [2.05, 4.69) is 10.3 Å². The van der Waals surface area contributed by atoms with E-state index in [1.807, 2.05) is 18.2 Å². The monoisotopic (exact) mass is 252 g/mol. The van der Waals surface area contributed by atoms with Crippen LogP contribution in [0.1, 0.15) is 5.56 Å². The number of aliphatic hydroxyl groups excluding tert-OH is 1. The molecule has 1 aromatic heterocycles. The molecule has 4 nitrogen and oxygen atoms in total. The molecule has 1 aliphatic rings. The van der Waals surface area contributed by atoms with Gasteiger partial charge in [0.05, 0.1) is 6.61 Å². The van der Waals surface area contributed by atoms with Gasteiger partial charge in [-0.2, -0.15) is 0 Å². The highest BCUT2D eigenvalue weighted by molar-refractivity contribution is 6.29. The number of halogens is 1. The molecule has 2 rings (SSSR count). The van der Waals surface area contributed by atoms with E-state index < -0.39 is 5.18 Å². The number of nitrogens with one attached hydrogen (secondary N) is 1. The molecule has 0 amide bonds. The van der Waals surface area contributed by atoms with Crippen molar-refractivity contribution in [1.82, 2.24) is 10.3 Å². The van der Waals surface area contributed by atoms with Gasteiger partial charge in [-0.3, -0.25) is 4.98 Å². The lowest BCUT2D eigenvalue weighted by molar-refractivity contribution is 0.0939. The van der Waals surface area contributed by atoms with Crippen LogP contribution in [0.2, 0.25) is 0 Å². The summed E-state index contributed by atoms with van der Waals surface area (Å²) in [5.74, 6) is 0. The largest absolute Gasteiger partial charge is 0.392 e. The summed E-state index contributed by atoms with van der Waals surface area (Å²) in [5, 5.41) is 11.0. The van der Waals surface area contributed by atoms with E-state index in [0.717, 1.165) is 16.7 Å². The van der Waals surface area contributed by atoms with Gasteiger partial charge in [-0.1, -0.05) is 11.6 Å². The maximum absolute atomic E-state index is 9.15. The summed E-state index contributed by atoms with van der Waals surface area (Å²) in [5.41, 5.74) is 2.38. The third-order valence-electron chi connectivity index (χ3n) is 2.57. The molecule has 1 aliphatic heterocycles. The molecule has 0 aliphatic carbocycles. The zero-order chi connectivity index (χ0) is 12.3. The van der Waals surface area contributed by atoms with E-state index in [4.69, 9.17) is 21.4 Å². The maximum Gasteiger partial charge on any atom is 0.244 e. The summed E-state index contributed by atoms with van der Waals surface area (Å²) in [6.45, 7) is -0.0573. The van der Waals surface area contributed by atoms with Crippen molar-refractivity contribution in [2.75, 3.05) is 13.7 Å². The molecule has 5 heteroatoms. The van der Waals surface area contributed by atoms with Crippen molar-refractivity contribution in [2.45, 2.75) is 5.18 Å². The molecule has 0 spiro atoms. The lowest BCUT2D eigenvalue weighted by Crippen LogP contribution is -2.41. The second-order valence-electron chi connectivity index (χ2n) is 3.61. The number of aromatic nitrogens is 1. The van der Waals surface area contributed by atoms with Crippen molar-refractivity contribution in [2.24, 2.45) is 0 Å². The Balaban J connectivity index is 2.45. The van der Waals surface area contributed by atoms with Crippen molar-refractivity contribution in [3.8, 4) is 0 Å². The molecule has 90 valence electrons. The van der Waals surface area contributed by atoms with Gasteiger partial charge in [0.2, 0.25) is 5.18 Å². The molecule has 0 bridgehead atoms. The molecule has 1 unspecified atom stereocenters. The Hall–Kier alpha value is -1.36. The third kappa shape index (κ3) is 2.34. The van der Waals surface area contributed by atoms with Crippen molar-refractivity contribution in [3.63, 3.8) is 0 Å². The highest BCUT2D eigenvalue weighted by Gasteiger charge is 2.34. The number of aliphatic hydroxyl groups is 1. The smallest absolute Gasteiger partial charge is 0.244 e. The van der Waals surface area contributed by atoms with Crippen LogP contribution in [0.5, 0.6) is 0 Å². The second-order valence-corrected chi connectivity index (χ2v) is 4.15. The van der Waals surface area contributed by atoms with Gasteiger partial charge >= 0.3 is 0 Å². The fraction of sp³-hybridized carbons (Fsp3) is 0.250. The van der Waals surface area contributed by atoms with Gasteiger partial charge in [-0.05, 0) is 29.3 Å². The van der Waals surface area contributed by atoms with Crippen molar-refractivity contribution >= 4 is 17.2 Å². The van der Waals surface area contributed by atoms with Gasteiger partial charge in [0, 0.05) is 31.3 Å². The Kier molecular flexibility index (Phi) is 3.47. The van der Waals surface area contributed by atoms with E-state index in [0.29, 0.717) is 0 Å². The predicted molar refractivity (Wildman–Crippen MR) is 66.1 cm³/mol. The SMILES string of the molecule is COC1(Cl)NC=C(CO)C=C1c1ccncc1. The molecule has 1 atom stereocenters. The molecule has 1 aromatic rings. The standard InChI is InChI=1S/C12H13ClN2O2/c1-17-12(13)11(6-9(8-16)7-15-12)10-2-4-14-5-3-10/h2-7,15-16H,8H2,1H3. The van der Waals surface area contributed by atoms with Gasteiger partial charge < -0.3 is 15.2 Å². The summed E-state index contributed by atoms with van der Waals surface area (Å²) < 4.78 is 5.28. The van der Waals surface area contributed by atoms with Crippen LogP contribution in [0.25, 0.3) is 5.57 Å². The Labute approximate surface area is 105 Å². The minimum Gasteiger partial charge on any atom is -0.392 e. The number of rotatable bonds is 3. The maximum atomic E-state index is 9.15. The first-order valence-corrected chi connectivity index (χ1v) is 5.51. The fourth-order valence-electron chi connectivity index (χ4n) is 1.64. The van der Waals surface area contributed by atoms with Crippen LogP contribution >= 0.6 is 11.6 Å². The molecule has 17 heavy (non-hydrogen) atoms. The van der Waals surface area contributed by atoms with Crippen LogP contribution in [-0.2, 0) is 4.74 Å². The predicted octanol–water partition coefficient (Wildman–Crippen LogP) is 1.48. The van der Waals surface area contributed by atoms with Crippen molar-refractivity contribution in [1.29, 1.82) is 0 Å². The van der Waals surface area contributed by atoms with Gasteiger partial charge in [-0.15, -0.1) is 0 Å². The number of nitrogens with zero attached hydrogens (tertiary/aromatic N) is 1. The van der Waals surface area contributed by atoms with Crippen LogP contribution in [0.4, 0.5) is 0 Å². The first-order chi connectivity index (χ1) is 8.19. The molecular formula is C12H13ClN2O2. The van der Waals surface area contributed by atoms with E-state index in [1.54, 1.807) is 18.6 Å². The molecule has 0 saturated heterocycles. The summed E-state index contributed by atoms with van der Waals surface area (Å²) in [4.78, 5) is 3.96. The fourth-order valence-corrected chi connectivity index (χ4v) is 1.86. The molecule has 2 heterocycles. The minimum absolute atomic E-state index is 0.0573. The quantitative estimate of drug-likeness (QED) is 0.632. The number of ether oxygens (including phenoxy) is 1. The molecule has 0 saturated carbocycles. The highest BCUT2D eigenvalue weighted by atomic mass is 35.5. The first-order valence-electron chi connectivity index (χ1n) is 5.14. The number of hydrogen-bond donors (Lipinski definition) is 2. The summed E-state index contributed by atoms with van der Waals surface area (Å²) in [7, 11) is 1.52. The topological polar surface area (TPSA) is 54.4 Å². The third-order valence-corrected chi connectivity index (χ3v) is 3.04. The normalized spacial score (nSPS) is 23.7. The van der Waals surface area contributed by atoms with E-state index in [1.165, 1.54) is 7.11 Å². The van der Waals surface area contributed by atoms with Crippen LogP contribution in [0.15, 0.2) is 42.4 Å². The Morgan fingerprint density at radius 3 is 2.76 bits per heavy atom. The van der Waals surface area contributed by atoms with Crippen LogP contribution in [-0.4, -0.2) is 29.0 Å². The Bertz CT molecular complexity index is 459. The van der Waals surface area contributed by atoms with Crippen LogP contribution in [0, 0.1) is 0 Å². The molecule has 0 fully saturated rings. The average Bonchev–Trinajstić information content (AvgIpc) is 2.40.